The highest BCUT2D eigenvalue weighted by atomic mass is 32.2. The molecule has 2 atom stereocenters. The van der Waals surface area contributed by atoms with E-state index in [-0.39, 0.29) is 22.7 Å². The molecule has 0 aromatic heterocycles. The van der Waals surface area contributed by atoms with Gasteiger partial charge in [-0.3, -0.25) is 9.59 Å². The van der Waals surface area contributed by atoms with Crippen molar-refractivity contribution < 1.29 is 9.59 Å². The van der Waals surface area contributed by atoms with Gasteiger partial charge >= 0.3 is 0 Å². The molecular formula is C17H22N2O2S. The molecule has 1 aromatic carbocycles. The third-order valence-corrected chi connectivity index (χ3v) is 6.18. The molecule has 5 heteroatoms. The van der Waals surface area contributed by atoms with Crippen LogP contribution in [0.1, 0.15) is 36.5 Å². The molecule has 2 saturated heterocycles. The maximum atomic E-state index is 12.7. The smallest absolute Gasteiger partial charge is 0.248 e. The number of aryl methyl sites for hydroxylation is 3. The van der Waals surface area contributed by atoms with E-state index in [4.69, 9.17) is 0 Å². The van der Waals surface area contributed by atoms with Crippen molar-refractivity contribution in [3.63, 3.8) is 0 Å². The van der Waals surface area contributed by atoms with E-state index in [1.165, 1.54) is 5.56 Å². The maximum Gasteiger partial charge on any atom is 0.248 e. The third kappa shape index (κ3) is 2.41. The molecule has 0 spiro atoms. The van der Waals surface area contributed by atoms with Gasteiger partial charge in [-0.1, -0.05) is 17.7 Å². The summed E-state index contributed by atoms with van der Waals surface area (Å²) in [7, 11) is 0. The summed E-state index contributed by atoms with van der Waals surface area (Å²) in [6.45, 7) is 8.13. The zero-order chi connectivity index (χ0) is 16.1. The fraction of sp³-hybridized carbons (Fsp3) is 0.529. The Hall–Kier alpha value is -1.49. The van der Waals surface area contributed by atoms with Crippen LogP contribution in [-0.2, 0) is 9.59 Å². The van der Waals surface area contributed by atoms with Crippen LogP contribution < -0.4 is 5.32 Å². The lowest BCUT2D eigenvalue weighted by Gasteiger charge is -2.30. The van der Waals surface area contributed by atoms with Crippen molar-refractivity contribution >= 4 is 29.3 Å². The maximum absolute atomic E-state index is 12.7. The highest BCUT2D eigenvalue weighted by Crippen LogP contribution is 2.47. The highest BCUT2D eigenvalue weighted by Gasteiger charge is 2.52. The van der Waals surface area contributed by atoms with Gasteiger partial charge in [0, 0.05) is 17.9 Å². The summed E-state index contributed by atoms with van der Waals surface area (Å²) in [6, 6.07) is 3.78. The Labute approximate surface area is 135 Å². The van der Waals surface area contributed by atoms with E-state index < -0.39 is 0 Å². The number of thioether (sulfide) groups is 1. The molecule has 22 heavy (non-hydrogen) atoms. The molecular weight excluding hydrogens is 296 g/mol. The fourth-order valence-corrected chi connectivity index (χ4v) is 5.03. The van der Waals surface area contributed by atoms with E-state index in [1.54, 1.807) is 16.7 Å². The Kier molecular flexibility index (Phi) is 3.71. The predicted molar refractivity (Wildman–Crippen MR) is 90.0 cm³/mol. The van der Waals surface area contributed by atoms with Gasteiger partial charge in [0.1, 0.15) is 6.04 Å². The van der Waals surface area contributed by atoms with Crippen LogP contribution in [0.5, 0.6) is 0 Å². The zero-order valence-electron chi connectivity index (χ0n) is 13.5. The quantitative estimate of drug-likeness (QED) is 0.912. The summed E-state index contributed by atoms with van der Waals surface area (Å²) >= 11 is 1.72. The normalized spacial score (nSPS) is 27.2. The van der Waals surface area contributed by atoms with Gasteiger partial charge in [-0.25, -0.2) is 0 Å². The molecule has 4 nitrogen and oxygen atoms in total. The van der Waals surface area contributed by atoms with E-state index in [9.17, 15) is 9.59 Å². The van der Waals surface area contributed by atoms with Crippen molar-refractivity contribution in [2.45, 2.75) is 51.4 Å². The number of hydrogen-bond acceptors (Lipinski definition) is 3. The summed E-state index contributed by atoms with van der Waals surface area (Å²) < 4.78 is 0. The monoisotopic (exact) mass is 318 g/mol. The molecule has 0 aliphatic carbocycles. The van der Waals surface area contributed by atoms with Crippen LogP contribution in [0.25, 0.3) is 0 Å². The van der Waals surface area contributed by atoms with Gasteiger partial charge in [0.15, 0.2) is 0 Å². The number of fused-ring (bicyclic) bond motifs is 1. The van der Waals surface area contributed by atoms with Gasteiger partial charge < -0.3 is 10.2 Å². The summed E-state index contributed by atoms with van der Waals surface area (Å²) in [5, 5.41) is 3.05. The topological polar surface area (TPSA) is 49.4 Å². The van der Waals surface area contributed by atoms with Crippen molar-refractivity contribution in [2.75, 3.05) is 11.1 Å². The minimum atomic E-state index is -0.356. The van der Waals surface area contributed by atoms with Crippen LogP contribution in [0, 0.1) is 20.8 Å². The first-order chi connectivity index (χ1) is 10.3. The lowest BCUT2D eigenvalue weighted by atomic mass is 10.0. The standard InChI is InChI=1S/C17H22N2O2S/c1-10-7-11(2)15(12(3)8-10)18-16(21)13-9-22-17(4)6-5-14(20)19(13)17/h7-8,13H,5-6,9H2,1-4H3,(H,18,21)/t13-,17+/m0/s1. The molecule has 0 bridgehead atoms. The van der Waals surface area contributed by atoms with Gasteiger partial charge in [0.25, 0.3) is 0 Å². The first-order valence-electron chi connectivity index (χ1n) is 7.67. The molecule has 2 amide bonds. The first kappa shape index (κ1) is 15.4. The zero-order valence-corrected chi connectivity index (χ0v) is 14.3. The van der Waals surface area contributed by atoms with Crippen LogP contribution in [0.3, 0.4) is 0 Å². The second-order valence-corrected chi connectivity index (χ2v) is 8.03. The van der Waals surface area contributed by atoms with Gasteiger partial charge in [-0.15, -0.1) is 11.8 Å². The average molecular weight is 318 g/mol. The molecule has 0 radical (unpaired) electrons. The number of rotatable bonds is 2. The number of carbonyl (C=O) groups excluding carboxylic acids is 2. The highest BCUT2D eigenvalue weighted by molar-refractivity contribution is 8.01. The Morgan fingerprint density at radius 2 is 1.95 bits per heavy atom. The number of anilines is 1. The molecule has 3 rings (SSSR count). The number of nitrogens with zero attached hydrogens (tertiary/aromatic N) is 1. The molecule has 1 aromatic rings. The van der Waals surface area contributed by atoms with Crippen molar-refractivity contribution in [3.05, 3.63) is 28.8 Å². The molecule has 2 aliphatic heterocycles. The molecule has 2 aliphatic rings. The second-order valence-electron chi connectivity index (χ2n) is 6.53. The molecule has 1 N–H and O–H groups in total. The second kappa shape index (κ2) is 5.30. The predicted octanol–water partition coefficient (Wildman–Crippen LogP) is 3.00. The van der Waals surface area contributed by atoms with Gasteiger partial charge in [0.2, 0.25) is 11.8 Å². The summed E-state index contributed by atoms with van der Waals surface area (Å²) in [4.78, 5) is 26.5. The minimum Gasteiger partial charge on any atom is -0.324 e. The summed E-state index contributed by atoms with van der Waals surface area (Å²) in [5.74, 6) is 0.712. The van der Waals surface area contributed by atoms with Crippen LogP contribution in [0.15, 0.2) is 12.1 Å². The van der Waals surface area contributed by atoms with Crippen molar-refractivity contribution in [1.29, 1.82) is 0 Å². The number of carbonyl (C=O) groups is 2. The average Bonchev–Trinajstić information content (AvgIpc) is 2.91. The van der Waals surface area contributed by atoms with Crippen molar-refractivity contribution in [1.82, 2.24) is 4.90 Å². The lowest BCUT2D eigenvalue weighted by molar-refractivity contribution is -0.135. The Morgan fingerprint density at radius 3 is 2.59 bits per heavy atom. The van der Waals surface area contributed by atoms with Gasteiger partial charge in [-0.2, -0.15) is 0 Å². The van der Waals surface area contributed by atoms with Gasteiger partial charge in [-0.05, 0) is 45.2 Å². The van der Waals surface area contributed by atoms with E-state index in [2.05, 4.69) is 24.4 Å². The lowest BCUT2D eigenvalue weighted by Crippen LogP contribution is -2.48. The van der Waals surface area contributed by atoms with Crippen molar-refractivity contribution in [3.8, 4) is 0 Å². The van der Waals surface area contributed by atoms with Crippen LogP contribution in [-0.4, -0.2) is 33.4 Å². The largest absolute Gasteiger partial charge is 0.324 e. The number of benzene rings is 1. The van der Waals surface area contributed by atoms with E-state index in [0.717, 1.165) is 23.2 Å². The Bertz CT molecular complexity index is 635. The molecule has 0 saturated carbocycles. The minimum absolute atomic E-state index is 0.0680. The molecule has 2 fully saturated rings. The summed E-state index contributed by atoms with van der Waals surface area (Å²) in [6.07, 6.45) is 1.39. The molecule has 0 unspecified atom stereocenters. The number of hydrogen-bond donors (Lipinski definition) is 1. The first-order valence-corrected chi connectivity index (χ1v) is 8.65. The number of amides is 2. The van der Waals surface area contributed by atoms with E-state index in [1.807, 2.05) is 20.8 Å². The Balaban J connectivity index is 1.83. The Morgan fingerprint density at radius 1 is 1.32 bits per heavy atom. The fourth-order valence-electron chi connectivity index (χ4n) is 3.60. The van der Waals surface area contributed by atoms with Crippen LogP contribution in [0.4, 0.5) is 5.69 Å². The van der Waals surface area contributed by atoms with E-state index in [0.29, 0.717) is 12.2 Å². The van der Waals surface area contributed by atoms with Crippen LogP contribution in [0.2, 0.25) is 0 Å². The van der Waals surface area contributed by atoms with Crippen molar-refractivity contribution in [2.24, 2.45) is 0 Å². The molecule has 118 valence electrons. The molecule has 2 heterocycles. The van der Waals surface area contributed by atoms with E-state index >= 15 is 0 Å². The summed E-state index contributed by atoms with van der Waals surface area (Å²) in [5.41, 5.74) is 4.19. The SMILES string of the molecule is Cc1cc(C)c(NC(=O)[C@@H]2CS[C@]3(C)CCC(=O)N23)c(C)c1. The van der Waals surface area contributed by atoms with Gasteiger partial charge in [0.05, 0.1) is 4.87 Å². The van der Waals surface area contributed by atoms with Crippen LogP contribution >= 0.6 is 11.8 Å². The number of nitrogens with one attached hydrogen (secondary N) is 1. The third-order valence-electron chi connectivity index (χ3n) is 4.67.